The Morgan fingerprint density at radius 1 is 0.273 bits per heavy atom. The van der Waals surface area contributed by atoms with Gasteiger partial charge < -0.3 is 14.2 Å². The van der Waals surface area contributed by atoms with E-state index in [0.717, 1.165) is 148 Å². The van der Waals surface area contributed by atoms with E-state index in [1.165, 1.54) is 103 Å². The van der Waals surface area contributed by atoms with Crippen LogP contribution in [0.25, 0.3) is 0 Å². The zero-order chi connectivity index (χ0) is 55.7. The van der Waals surface area contributed by atoms with Crippen molar-refractivity contribution in [3.8, 4) is 0 Å². The number of carbonyl (C=O) groups excluding carboxylic acids is 3. The molecule has 0 aromatic rings. The molecule has 0 fully saturated rings. The van der Waals surface area contributed by atoms with Crippen LogP contribution in [0.4, 0.5) is 0 Å². The molecule has 77 heavy (non-hydrogen) atoms. The Labute approximate surface area is 475 Å². The summed E-state index contributed by atoms with van der Waals surface area (Å²) in [6.45, 7) is 6.41. The summed E-state index contributed by atoms with van der Waals surface area (Å²) in [5.74, 6) is -0.904. The van der Waals surface area contributed by atoms with Gasteiger partial charge in [0.05, 0.1) is 0 Å². The molecular formula is C71H118O6. The molecule has 0 N–H and O–H groups in total. The quantitative estimate of drug-likeness (QED) is 0.0261. The molecule has 0 rings (SSSR count). The van der Waals surface area contributed by atoms with Crippen LogP contribution in [0.5, 0.6) is 0 Å². The maximum Gasteiger partial charge on any atom is 0.306 e. The van der Waals surface area contributed by atoms with Gasteiger partial charge in [-0.15, -0.1) is 0 Å². The first-order chi connectivity index (χ1) is 38.0. The number of esters is 3. The molecule has 1 atom stereocenters. The first kappa shape index (κ1) is 72.8. The lowest BCUT2D eigenvalue weighted by Gasteiger charge is -2.18. The first-order valence-corrected chi connectivity index (χ1v) is 32.0. The van der Waals surface area contributed by atoms with E-state index in [-0.39, 0.29) is 31.1 Å². The summed E-state index contributed by atoms with van der Waals surface area (Å²) in [5.41, 5.74) is 0. The normalized spacial score (nSPS) is 12.9. The third-order valence-electron chi connectivity index (χ3n) is 13.5. The molecule has 0 bridgehead atoms. The highest BCUT2D eigenvalue weighted by molar-refractivity contribution is 5.71. The molecule has 0 saturated carbocycles. The third-order valence-corrected chi connectivity index (χ3v) is 13.5. The summed E-state index contributed by atoms with van der Waals surface area (Å²) < 4.78 is 16.9. The maximum atomic E-state index is 12.9. The number of allylic oxidation sites excluding steroid dienone is 20. The van der Waals surface area contributed by atoms with E-state index in [2.05, 4.69) is 142 Å². The lowest BCUT2D eigenvalue weighted by molar-refractivity contribution is -0.167. The van der Waals surface area contributed by atoms with Crippen LogP contribution in [-0.2, 0) is 28.6 Å². The molecule has 0 heterocycles. The predicted octanol–water partition coefficient (Wildman–Crippen LogP) is 22.0. The minimum Gasteiger partial charge on any atom is -0.462 e. The highest BCUT2D eigenvalue weighted by atomic mass is 16.6. The van der Waals surface area contributed by atoms with Gasteiger partial charge in [0, 0.05) is 19.3 Å². The van der Waals surface area contributed by atoms with Crippen molar-refractivity contribution in [2.24, 2.45) is 0 Å². The van der Waals surface area contributed by atoms with E-state index < -0.39 is 6.10 Å². The summed E-state index contributed by atoms with van der Waals surface area (Å²) >= 11 is 0. The molecule has 1 unspecified atom stereocenters. The van der Waals surface area contributed by atoms with Crippen molar-refractivity contribution < 1.29 is 28.6 Å². The average Bonchev–Trinajstić information content (AvgIpc) is 3.43. The Kier molecular flexibility index (Phi) is 60.8. The number of hydrogen-bond acceptors (Lipinski definition) is 6. The zero-order valence-electron chi connectivity index (χ0n) is 50.2. The van der Waals surface area contributed by atoms with Gasteiger partial charge >= 0.3 is 17.9 Å². The summed E-state index contributed by atoms with van der Waals surface area (Å²) in [6.07, 6.45) is 89.2. The first-order valence-electron chi connectivity index (χ1n) is 32.0. The van der Waals surface area contributed by atoms with Crippen molar-refractivity contribution in [3.63, 3.8) is 0 Å². The molecule has 0 aliphatic rings. The highest BCUT2D eigenvalue weighted by Gasteiger charge is 2.19. The molecule has 438 valence electrons. The molecule has 0 amide bonds. The molecule has 6 heteroatoms. The van der Waals surface area contributed by atoms with Gasteiger partial charge in [0.15, 0.2) is 6.10 Å². The van der Waals surface area contributed by atoms with Gasteiger partial charge in [0.25, 0.3) is 0 Å². The Morgan fingerprint density at radius 3 is 0.792 bits per heavy atom. The van der Waals surface area contributed by atoms with E-state index in [9.17, 15) is 14.4 Å². The van der Waals surface area contributed by atoms with Crippen molar-refractivity contribution in [2.45, 2.75) is 297 Å². The van der Waals surface area contributed by atoms with E-state index in [1.807, 2.05) is 0 Å². The number of ether oxygens (including phenoxy) is 3. The third kappa shape index (κ3) is 62.5. The standard InChI is InChI=1S/C71H118O6/c1-4-7-10-13-16-19-22-25-27-28-29-30-31-32-33-34-35-36-37-38-39-40-41-42-44-46-49-52-55-58-61-64-70(73)76-67-68(66-75-69(72)63-60-57-54-51-48-45-24-21-18-15-12-9-6-3)77-71(74)65-62-59-56-53-50-47-43-26-23-20-17-14-11-8-5-2/h7-8,10-11,16-17,19-20,25-27,29-30,32-33,35-36,38-39,43,68H,4-6,9,12-15,18,21-24,28,31,34,37,40-42,44-67H2,1-3H3/b10-7-,11-8-,19-16-,20-17-,27-25-,30-29-,33-32-,36-35-,39-38-,43-26-. The van der Waals surface area contributed by atoms with Gasteiger partial charge in [-0.3, -0.25) is 14.4 Å². The van der Waals surface area contributed by atoms with Gasteiger partial charge in [-0.2, -0.15) is 0 Å². The Hall–Kier alpha value is -4.19. The molecule has 0 aromatic heterocycles. The van der Waals surface area contributed by atoms with Crippen LogP contribution in [-0.4, -0.2) is 37.2 Å². The van der Waals surface area contributed by atoms with Crippen LogP contribution < -0.4 is 0 Å². The van der Waals surface area contributed by atoms with Crippen molar-refractivity contribution >= 4 is 17.9 Å². The van der Waals surface area contributed by atoms with E-state index >= 15 is 0 Å². The molecular weight excluding hydrogens is 949 g/mol. The largest absolute Gasteiger partial charge is 0.462 e. The van der Waals surface area contributed by atoms with Crippen molar-refractivity contribution in [2.75, 3.05) is 13.2 Å². The van der Waals surface area contributed by atoms with E-state index in [1.54, 1.807) is 0 Å². The highest BCUT2D eigenvalue weighted by Crippen LogP contribution is 2.16. The topological polar surface area (TPSA) is 78.9 Å². The monoisotopic (exact) mass is 1070 g/mol. The Balaban J connectivity index is 4.28. The minimum absolute atomic E-state index is 0.0860. The van der Waals surface area contributed by atoms with Gasteiger partial charge in [-0.1, -0.05) is 284 Å². The number of rotatable bonds is 57. The lowest BCUT2D eigenvalue weighted by atomic mass is 10.0. The van der Waals surface area contributed by atoms with E-state index in [0.29, 0.717) is 19.3 Å². The summed E-state index contributed by atoms with van der Waals surface area (Å²) in [4.78, 5) is 38.3. The second-order valence-electron chi connectivity index (χ2n) is 20.9. The van der Waals surface area contributed by atoms with E-state index in [4.69, 9.17) is 14.2 Å². The zero-order valence-corrected chi connectivity index (χ0v) is 50.2. The second-order valence-corrected chi connectivity index (χ2v) is 20.9. The van der Waals surface area contributed by atoms with Crippen LogP contribution in [0, 0.1) is 0 Å². The van der Waals surface area contributed by atoms with Crippen LogP contribution in [0.1, 0.15) is 290 Å². The number of unbranched alkanes of at least 4 members (excludes halogenated alkanes) is 26. The summed E-state index contributed by atoms with van der Waals surface area (Å²) in [5, 5.41) is 0. The molecule has 0 aromatic carbocycles. The van der Waals surface area contributed by atoms with Crippen LogP contribution >= 0.6 is 0 Å². The van der Waals surface area contributed by atoms with Gasteiger partial charge in [0.1, 0.15) is 13.2 Å². The van der Waals surface area contributed by atoms with Crippen LogP contribution in [0.15, 0.2) is 122 Å². The molecule has 6 nitrogen and oxygen atoms in total. The maximum absolute atomic E-state index is 12.9. The summed E-state index contributed by atoms with van der Waals surface area (Å²) in [6, 6.07) is 0. The minimum atomic E-state index is -0.791. The molecule has 0 aliphatic heterocycles. The lowest BCUT2D eigenvalue weighted by Crippen LogP contribution is -2.30. The second kappa shape index (κ2) is 64.3. The Morgan fingerprint density at radius 2 is 0.506 bits per heavy atom. The summed E-state index contributed by atoms with van der Waals surface area (Å²) in [7, 11) is 0. The van der Waals surface area contributed by atoms with Gasteiger partial charge in [-0.05, 0) is 109 Å². The molecule has 0 radical (unpaired) electrons. The average molecular weight is 1070 g/mol. The van der Waals surface area contributed by atoms with Crippen molar-refractivity contribution in [3.05, 3.63) is 122 Å². The Bertz CT molecular complexity index is 1600. The molecule has 0 saturated heterocycles. The fourth-order valence-corrected chi connectivity index (χ4v) is 8.73. The predicted molar refractivity (Wildman–Crippen MR) is 334 cm³/mol. The molecule has 0 spiro atoms. The van der Waals surface area contributed by atoms with Gasteiger partial charge in [0.2, 0.25) is 0 Å². The van der Waals surface area contributed by atoms with Crippen LogP contribution in [0.2, 0.25) is 0 Å². The van der Waals surface area contributed by atoms with Crippen LogP contribution in [0.3, 0.4) is 0 Å². The fraction of sp³-hybridized carbons (Fsp3) is 0.676. The fourth-order valence-electron chi connectivity index (χ4n) is 8.73. The molecule has 0 aliphatic carbocycles. The SMILES string of the molecule is CC/C=C\C/C=C\C/C=C\C/C=C\C/C=C\C/C=C\C/C=C\CCCCCCCCCCCC(=O)OCC(COC(=O)CCCCCCCCCCCCCCC)OC(=O)CCCCCCC/C=C\C/C=C\C/C=C\CC. The smallest absolute Gasteiger partial charge is 0.306 e. The van der Waals surface area contributed by atoms with Crippen molar-refractivity contribution in [1.29, 1.82) is 0 Å². The van der Waals surface area contributed by atoms with Crippen molar-refractivity contribution in [1.82, 2.24) is 0 Å². The number of carbonyl (C=O) groups is 3. The van der Waals surface area contributed by atoms with Gasteiger partial charge in [-0.25, -0.2) is 0 Å². The number of hydrogen-bond donors (Lipinski definition) is 0.